The lowest BCUT2D eigenvalue weighted by Crippen LogP contribution is -2.47. The largest absolute Gasteiger partial charge is 0.379 e. The lowest BCUT2D eigenvalue weighted by atomic mass is 10.1. The first kappa shape index (κ1) is 17.8. The monoisotopic (exact) mass is 346 g/mol. The van der Waals surface area contributed by atoms with Crippen molar-refractivity contribution in [2.75, 3.05) is 39.4 Å². The summed E-state index contributed by atoms with van der Waals surface area (Å²) in [5.41, 5.74) is 1.48. The van der Waals surface area contributed by atoms with Gasteiger partial charge in [-0.25, -0.2) is 0 Å². The van der Waals surface area contributed by atoms with E-state index in [0.29, 0.717) is 25.2 Å². The van der Waals surface area contributed by atoms with E-state index in [1.807, 2.05) is 13.0 Å². The number of aromatic nitrogens is 1. The zero-order valence-corrected chi connectivity index (χ0v) is 14.7. The Morgan fingerprint density at radius 2 is 2.12 bits per heavy atom. The van der Waals surface area contributed by atoms with Crippen LogP contribution < -0.4 is 5.32 Å². The van der Waals surface area contributed by atoms with Gasteiger partial charge in [-0.05, 0) is 24.5 Å². The molecule has 2 aliphatic heterocycles. The molecule has 2 fully saturated rings. The fourth-order valence-corrected chi connectivity index (χ4v) is 3.33. The number of nitrogens with zero attached hydrogens (tertiary/aromatic N) is 3. The predicted molar refractivity (Wildman–Crippen MR) is 93.1 cm³/mol. The van der Waals surface area contributed by atoms with E-state index in [9.17, 15) is 9.59 Å². The standard InChI is InChI=1S/C18H26N4O3/c1-2-16-17(23)19-6-3-7-22(16)18(24)15-5-4-14(12-20-15)13-21-8-10-25-11-9-21/h4-5,12,16H,2-3,6-11,13H2,1H3,(H,19,23)/t16-/m1/s1. The van der Waals surface area contributed by atoms with Crippen molar-refractivity contribution in [1.29, 1.82) is 0 Å². The number of hydrogen-bond acceptors (Lipinski definition) is 5. The molecule has 136 valence electrons. The molecule has 1 aromatic heterocycles. The topological polar surface area (TPSA) is 74.8 Å². The van der Waals surface area contributed by atoms with Gasteiger partial charge in [-0.15, -0.1) is 0 Å². The molecule has 1 N–H and O–H groups in total. The van der Waals surface area contributed by atoms with Gasteiger partial charge in [0.1, 0.15) is 11.7 Å². The second kappa shape index (κ2) is 8.40. The Hall–Kier alpha value is -1.99. The third kappa shape index (κ3) is 4.35. The van der Waals surface area contributed by atoms with Crippen LogP contribution in [0, 0.1) is 0 Å². The van der Waals surface area contributed by atoms with E-state index >= 15 is 0 Å². The Morgan fingerprint density at radius 1 is 1.32 bits per heavy atom. The fraction of sp³-hybridized carbons (Fsp3) is 0.611. The second-order valence-corrected chi connectivity index (χ2v) is 6.51. The van der Waals surface area contributed by atoms with Crippen molar-refractivity contribution in [3.05, 3.63) is 29.6 Å². The summed E-state index contributed by atoms with van der Waals surface area (Å²) in [5.74, 6) is -0.237. The normalized spacial score (nSPS) is 22.4. The highest BCUT2D eigenvalue weighted by molar-refractivity contribution is 5.96. The predicted octanol–water partition coefficient (Wildman–Crippen LogP) is 0.655. The Labute approximate surface area is 148 Å². The molecule has 2 amide bonds. The van der Waals surface area contributed by atoms with Gasteiger partial charge < -0.3 is 15.0 Å². The molecule has 1 atom stereocenters. The first-order valence-electron chi connectivity index (χ1n) is 9.02. The zero-order chi connectivity index (χ0) is 17.6. The highest BCUT2D eigenvalue weighted by atomic mass is 16.5. The Kier molecular flexibility index (Phi) is 5.99. The average Bonchev–Trinajstić information content (AvgIpc) is 2.83. The quantitative estimate of drug-likeness (QED) is 0.867. The molecule has 0 bridgehead atoms. The molecular formula is C18H26N4O3. The summed E-state index contributed by atoms with van der Waals surface area (Å²) < 4.78 is 5.35. The summed E-state index contributed by atoms with van der Waals surface area (Å²) in [6.45, 7) is 7.30. The van der Waals surface area contributed by atoms with Crippen molar-refractivity contribution in [3.63, 3.8) is 0 Å². The van der Waals surface area contributed by atoms with Crippen molar-refractivity contribution in [2.24, 2.45) is 0 Å². The SMILES string of the molecule is CC[C@@H]1C(=O)NCCCN1C(=O)c1ccc(CN2CCOCC2)cn1. The first-order valence-corrected chi connectivity index (χ1v) is 9.02. The number of rotatable bonds is 4. The maximum Gasteiger partial charge on any atom is 0.273 e. The lowest BCUT2D eigenvalue weighted by Gasteiger charge is -2.28. The van der Waals surface area contributed by atoms with Crippen molar-refractivity contribution >= 4 is 11.8 Å². The highest BCUT2D eigenvalue weighted by Crippen LogP contribution is 2.14. The average molecular weight is 346 g/mol. The maximum atomic E-state index is 12.8. The minimum absolute atomic E-state index is 0.0720. The molecule has 1 aromatic rings. The van der Waals surface area contributed by atoms with E-state index in [1.54, 1.807) is 17.2 Å². The number of nitrogens with one attached hydrogen (secondary N) is 1. The molecule has 7 nitrogen and oxygen atoms in total. The molecule has 0 aliphatic carbocycles. The van der Waals surface area contributed by atoms with E-state index in [-0.39, 0.29) is 11.8 Å². The molecular weight excluding hydrogens is 320 g/mol. The summed E-state index contributed by atoms with van der Waals surface area (Å²) in [7, 11) is 0. The van der Waals surface area contributed by atoms with Gasteiger partial charge in [-0.2, -0.15) is 0 Å². The second-order valence-electron chi connectivity index (χ2n) is 6.51. The van der Waals surface area contributed by atoms with Gasteiger partial charge in [0, 0.05) is 38.9 Å². The number of amides is 2. The molecule has 3 rings (SSSR count). The molecule has 0 radical (unpaired) electrons. The van der Waals surface area contributed by atoms with Crippen LogP contribution in [0.5, 0.6) is 0 Å². The van der Waals surface area contributed by atoms with E-state index in [4.69, 9.17) is 4.74 Å². The van der Waals surface area contributed by atoms with Crippen molar-refractivity contribution in [1.82, 2.24) is 20.1 Å². The minimum atomic E-state index is -0.412. The van der Waals surface area contributed by atoms with Crippen LogP contribution >= 0.6 is 0 Å². The van der Waals surface area contributed by atoms with Crippen LogP contribution in [0.15, 0.2) is 18.3 Å². The summed E-state index contributed by atoms with van der Waals surface area (Å²) in [4.78, 5) is 33.3. The molecule has 7 heteroatoms. The van der Waals surface area contributed by atoms with Crippen LogP contribution in [0.4, 0.5) is 0 Å². The van der Waals surface area contributed by atoms with Crippen LogP contribution in [0.3, 0.4) is 0 Å². The van der Waals surface area contributed by atoms with Crippen molar-refractivity contribution in [2.45, 2.75) is 32.4 Å². The molecule has 2 saturated heterocycles. The number of pyridine rings is 1. The van der Waals surface area contributed by atoms with Gasteiger partial charge in [0.25, 0.3) is 5.91 Å². The zero-order valence-electron chi connectivity index (χ0n) is 14.7. The Morgan fingerprint density at radius 3 is 2.80 bits per heavy atom. The first-order chi connectivity index (χ1) is 12.2. The molecule has 3 heterocycles. The van der Waals surface area contributed by atoms with Gasteiger partial charge in [-0.3, -0.25) is 19.5 Å². The van der Waals surface area contributed by atoms with Crippen LogP contribution in [0.25, 0.3) is 0 Å². The number of ether oxygens (including phenoxy) is 1. The summed E-state index contributed by atoms with van der Waals surface area (Å²) >= 11 is 0. The Bertz CT molecular complexity index is 599. The third-order valence-electron chi connectivity index (χ3n) is 4.76. The molecule has 0 saturated carbocycles. The van der Waals surface area contributed by atoms with Gasteiger partial charge in [-0.1, -0.05) is 13.0 Å². The maximum absolute atomic E-state index is 12.8. The van der Waals surface area contributed by atoms with Crippen LogP contribution in [0.1, 0.15) is 35.8 Å². The summed E-state index contributed by atoms with van der Waals surface area (Å²) in [6.07, 6.45) is 3.14. The molecule has 0 spiro atoms. The van der Waals surface area contributed by atoms with Gasteiger partial charge in [0.2, 0.25) is 5.91 Å². The molecule has 0 unspecified atom stereocenters. The molecule has 2 aliphatic rings. The lowest BCUT2D eigenvalue weighted by molar-refractivity contribution is -0.124. The van der Waals surface area contributed by atoms with E-state index < -0.39 is 6.04 Å². The minimum Gasteiger partial charge on any atom is -0.379 e. The Balaban J connectivity index is 1.67. The number of carbonyl (C=O) groups is 2. The van der Waals surface area contributed by atoms with E-state index in [1.165, 1.54) is 0 Å². The molecule has 25 heavy (non-hydrogen) atoms. The van der Waals surface area contributed by atoms with Crippen LogP contribution in [-0.4, -0.2) is 72.0 Å². The fourth-order valence-electron chi connectivity index (χ4n) is 3.33. The summed E-state index contributed by atoms with van der Waals surface area (Å²) in [6, 6.07) is 3.31. The smallest absolute Gasteiger partial charge is 0.273 e. The van der Waals surface area contributed by atoms with E-state index in [2.05, 4.69) is 15.2 Å². The number of carbonyl (C=O) groups excluding carboxylic acids is 2. The van der Waals surface area contributed by atoms with E-state index in [0.717, 1.165) is 44.8 Å². The van der Waals surface area contributed by atoms with Crippen LogP contribution in [0.2, 0.25) is 0 Å². The highest BCUT2D eigenvalue weighted by Gasteiger charge is 2.31. The van der Waals surface area contributed by atoms with Gasteiger partial charge in [0.15, 0.2) is 0 Å². The van der Waals surface area contributed by atoms with Crippen molar-refractivity contribution < 1.29 is 14.3 Å². The number of morpholine rings is 1. The summed E-state index contributed by atoms with van der Waals surface area (Å²) in [5, 5.41) is 2.87. The number of hydrogen-bond donors (Lipinski definition) is 1. The molecule has 0 aromatic carbocycles. The van der Waals surface area contributed by atoms with Gasteiger partial charge >= 0.3 is 0 Å². The van der Waals surface area contributed by atoms with Gasteiger partial charge in [0.05, 0.1) is 13.2 Å². The van der Waals surface area contributed by atoms with Crippen LogP contribution in [-0.2, 0) is 16.1 Å². The third-order valence-corrected chi connectivity index (χ3v) is 4.76. The van der Waals surface area contributed by atoms with Crippen molar-refractivity contribution in [3.8, 4) is 0 Å².